The molecule has 27 heavy (non-hydrogen) atoms. The van der Waals surface area contributed by atoms with Crippen LogP contribution >= 0.6 is 7.82 Å². The number of aliphatic hydroxyl groups is 3. The Morgan fingerprint density at radius 3 is 1.63 bits per heavy atom. The number of benzene rings is 1. The second kappa shape index (κ2) is 9.47. The van der Waals surface area contributed by atoms with Gasteiger partial charge in [0.1, 0.15) is 5.75 Å². The molecule has 0 bridgehead atoms. The molecule has 0 atom stereocenters. The van der Waals surface area contributed by atoms with Gasteiger partial charge in [-0.2, -0.15) is 0 Å². The van der Waals surface area contributed by atoms with Crippen LogP contribution in [0.2, 0.25) is 0 Å². The Hall–Kier alpha value is -0.990. The number of hydrogen-bond acceptors (Lipinski definition) is 6. The predicted octanol–water partition coefficient (Wildman–Crippen LogP) is 1.41. The zero-order valence-electron chi connectivity index (χ0n) is 16.9. The topological polar surface area (TPSA) is 153 Å². The van der Waals surface area contributed by atoms with Gasteiger partial charge in [0, 0.05) is 5.56 Å². The lowest BCUT2D eigenvalue weighted by atomic mass is 9.80. The summed E-state index contributed by atoms with van der Waals surface area (Å²) in [7, 11) is -4.54. The fourth-order valence-electron chi connectivity index (χ4n) is 1.94. The summed E-state index contributed by atoms with van der Waals surface area (Å²) in [6.07, 6.45) is 0. The highest BCUT2D eigenvalue weighted by atomic mass is 31.2. The first-order chi connectivity index (χ1) is 12.0. The van der Waals surface area contributed by atoms with Crippen LogP contribution in [0.15, 0.2) is 18.2 Å². The van der Waals surface area contributed by atoms with E-state index in [1.54, 1.807) is 6.07 Å². The average molecular weight is 407 g/mol. The van der Waals surface area contributed by atoms with Crippen molar-refractivity contribution in [1.82, 2.24) is 0 Å². The highest BCUT2D eigenvalue weighted by molar-refractivity contribution is 7.46. The molecule has 8 nitrogen and oxygen atoms in total. The molecule has 0 saturated heterocycles. The minimum absolute atomic E-state index is 0.0271. The van der Waals surface area contributed by atoms with E-state index in [-0.39, 0.29) is 16.6 Å². The number of phosphoric acid groups is 1. The molecule has 0 unspecified atom stereocenters. The van der Waals surface area contributed by atoms with Gasteiger partial charge in [-0.15, -0.1) is 0 Å². The lowest BCUT2D eigenvalue weighted by molar-refractivity contribution is 0.0697. The molecular formula is C18H34NO7P. The van der Waals surface area contributed by atoms with Crippen molar-refractivity contribution >= 4 is 7.82 Å². The molecule has 1 aromatic carbocycles. The highest BCUT2D eigenvalue weighted by Crippen LogP contribution is 2.43. The Morgan fingerprint density at radius 1 is 0.926 bits per heavy atom. The largest absolute Gasteiger partial charge is 0.524 e. The first-order valence-corrected chi connectivity index (χ1v) is 10.0. The van der Waals surface area contributed by atoms with E-state index in [0.717, 1.165) is 11.1 Å². The van der Waals surface area contributed by atoms with E-state index >= 15 is 0 Å². The third-order valence-corrected chi connectivity index (χ3v) is 4.25. The van der Waals surface area contributed by atoms with Crippen molar-refractivity contribution in [3.8, 4) is 5.75 Å². The molecule has 0 aliphatic rings. The Balaban J connectivity index is 0.000000713. The first-order valence-electron chi connectivity index (χ1n) is 8.51. The summed E-state index contributed by atoms with van der Waals surface area (Å²) in [4.78, 5) is 18.0. The molecular weight excluding hydrogens is 373 g/mol. The molecule has 7 N–H and O–H groups in total. The van der Waals surface area contributed by atoms with E-state index in [0.29, 0.717) is 0 Å². The van der Waals surface area contributed by atoms with E-state index < -0.39 is 33.2 Å². The molecule has 0 saturated carbocycles. The van der Waals surface area contributed by atoms with Gasteiger partial charge < -0.3 is 25.6 Å². The van der Waals surface area contributed by atoms with Crippen molar-refractivity contribution in [3.05, 3.63) is 29.3 Å². The Labute approximate surface area is 161 Å². The second-order valence-electron chi connectivity index (χ2n) is 8.63. The lowest BCUT2D eigenvalue weighted by Crippen LogP contribution is -2.50. The van der Waals surface area contributed by atoms with Crippen LogP contribution in [0.3, 0.4) is 0 Å². The zero-order chi connectivity index (χ0) is 21.7. The molecule has 158 valence electrons. The van der Waals surface area contributed by atoms with Crippen LogP contribution in [0.5, 0.6) is 5.75 Å². The first kappa shape index (κ1) is 26.0. The fraction of sp³-hybridized carbons (Fsp3) is 0.667. The monoisotopic (exact) mass is 407 g/mol. The third kappa shape index (κ3) is 9.17. The third-order valence-electron chi connectivity index (χ3n) is 3.82. The molecule has 0 heterocycles. The number of hydrogen-bond donors (Lipinski definition) is 6. The van der Waals surface area contributed by atoms with Crippen molar-refractivity contribution in [2.24, 2.45) is 5.73 Å². The molecule has 0 radical (unpaired) electrons. The molecule has 1 aromatic rings. The summed E-state index contributed by atoms with van der Waals surface area (Å²) >= 11 is 0. The van der Waals surface area contributed by atoms with Gasteiger partial charge in [0.05, 0.1) is 25.4 Å². The Kier molecular flexibility index (Phi) is 9.13. The van der Waals surface area contributed by atoms with E-state index in [1.165, 1.54) is 0 Å². The lowest BCUT2D eigenvalue weighted by Gasteiger charge is -2.27. The van der Waals surface area contributed by atoms with Crippen LogP contribution in [-0.2, 0) is 15.4 Å². The van der Waals surface area contributed by atoms with Gasteiger partial charge in [0.25, 0.3) is 0 Å². The van der Waals surface area contributed by atoms with E-state index in [2.05, 4.69) is 20.8 Å². The summed E-state index contributed by atoms with van der Waals surface area (Å²) in [6, 6.07) is 5.45. The van der Waals surface area contributed by atoms with E-state index in [9.17, 15) is 4.57 Å². The van der Waals surface area contributed by atoms with Crippen LogP contribution in [0.1, 0.15) is 52.7 Å². The summed E-state index contributed by atoms with van der Waals surface area (Å²) in [6.45, 7) is 11.0. The van der Waals surface area contributed by atoms with Gasteiger partial charge in [0.15, 0.2) is 0 Å². The highest BCUT2D eigenvalue weighted by Gasteiger charge is 2.26. The van der Waals surface area contributed by atoms with Crippen LogP contribution < -0.4 is 10.3 Å². The number of aliphatic hydroxyl groups excluding tert-OH is 3. The van der Waals surface area contributed by atoms with Crippen LogP contribution in [0, 0.1) is 0 Å². The smallest absolute Gasteiger partial charge is 0.404 e. The molecule has 1 rings (SSSR count). The SMILES string of the molecule is CC(C)(C)c1ccc(OP(=O)(O)O)c(C(C)(C)C)c1.NC(CO)(CO)CO. The van der Waals surface area contributed by atoms with Crippen molar-refractivity contribution in [2.45, 2.75) is 57.9 Å². The Morgan fingerprint density at radius 2 is 1.37 bits per heavy atom. The van der Waals surface area contributed by atoms with E-state index in [4.69, 9.17) is 35.4 Å². The van der Waals surface area contributed by atoms with Crippen LogP contribution in [0.4, 0.5) is 0 Å². The van der Waals surface area contributed by atoms with Gasteiger partial charge in [0.2, 0.25) is 0 Å². The van der Waals surface area contributed by atoms with Gasteiger partial charge >= 0.3 is 7.82 Å². The van der Waals surface area contributed by atoms with Crippen LogP contribution in [0.25, 0.3) is 0 Å². The minimum atomic E-state index is -4.54. The summed E-state index contributed by atoms with van der Waals surface area (Å²) < 4.78 is 15.8. The van der Waals surface area contributed by atoms with Gasteiger partial charge in [-0.05, 0) is 22.5 Å². The maximum atomic E-state index is 11.0. The van der Waals surface area contributed by atoms with Crippen molar-refractivity contribution in [1.29, 1.82) is 0 Å². The van der Waals surface area contributed by atoms with Gasteiger partial charge in [-0.3, -0.25) is 9.79 Å². The predicted molar refractivity (Wildman–Crippen MR) is 105 cm³/mol. The average Bonchev–Trinajstić information content (AvgIpc) is 2.51. The minimum Gasteiger partial charge on any atom is -0.404 e. The zero-order valence-corrected chi connectivity index (χ0v) is 17.8. The van der Waals surface area contributed by atoms with Gasteiger partial charge in [-0.25, -0.2) is 4.57 Å². The molecule has 0 aliphatic carbocycles. The number of nitrogens with two attached hydrogens (primary N) is 1. The van der Waals surface area contributed by atoms with Crippen molar-refractivity contribution < 1.29 is 34.2 Å². The summed E-state index contributed by atoms with van der Waals surface area (Å²) in [5.41, 5.74) is 5.55. The second-order valence-corrected chi connectivity index (χ2v) is 9.79. The maximum absolute atomic E-state index is 11.0. The van der Waals surface area contributed by atoms with E-state index in [1.807, 2.05) is 32.9 Å². The number of rotatable bonds is 5. The number of phosphoric ester groups is 1. The van der Waals surface area contributed by atoms with Gasteiger partial charge in [-0.1, -0.05) is 53.7 Å². The molecule has 0 spiro atoms. The summed E-state index contributed by atoms with van der Waals surface area (Å²) in [5, 5.41) is 25.0. The fourth-order valence-corrected chi connectivity index (χ4v) is 2.36. The van der Waals surface area contributed by atoms with Crippen LogP contribution in [-0.4, -0.2) is 50.5 Å². The van der Waals surface area contributed by atoms with Crippen molar-refractivity contribution in [2.75, 3.05) is 19.8 Å². The standard InChI is InChI=1S/C14H23O4P.C4H11NO3/c1-13(2,3)10-7-8-12(18-19(15,16)17)11(9-10)14(4,5)6;5-4(1-6,2-7)3-8/h7-9H,1-6H3,(H2,15,16,17);6-8H,1-3,5H2. The maximum Gasteiger partial charge on any atom is 0.524 e. The molecule has 0 aliphatic heterocycles. The normalized spacial score (nSPS) is 13.0. The van der Waals surface area contributed by atoms with Crippen molar-refractivity contribution in [3.63, 3.8) is 0 Å². The summed E-state index contributed by atoms with van der Waals surface area (Å²) in [5.74, 6) is 0.244. The molecule has 0 fully saturated rings. The Bertz CT molecular complexity index is 632. The molecule has 9 heteroatoms. The molecule has 0 amide bonds. The molecule has 0 aromatic heterocycles. The quantitative estimate of drug-likeness (QED) is 0.401.